The van der Waals surface area contributed by atoms with Crippen LogP contribution in [0.5, 0.6) is 11.5 Å². The average Bonchev–Trinajstić information content (AvgIpc) is 2.79. The molecule has 1 aliphatic carbocycles. The van der Waals surface area contributed by atoms with E-state index in [1.165, 1.54) is 30.5 Å². The second kappa shape index (κ2) is 9.43. The number of anilines is 1. The van der Waals surface area contributed by atoms with Crippen molar-refractivity contribution in [2.45, 2.75) is 37.0 Å². The first kappa shape index (κ1) is 21.2. The summed E-state index contributed by atoms with van der Waals surface area (Å²) in [5.74, 6) is 0.590. The maximum Gasteiger partial charge on any atom is 0.262 e. The van der Waals surface area contributed by atoms with Crippen molar-refractivity contribution >= 4 is 21.6 Å². The van der Waals surface area contributed by atoms with Gasteiger partial charge in [0.05, 0.1) is 16.1 Å². The number of sulfonamides is 1. The Hall–Kier alpha value is -3.00. The second-order valence-corrected chi connectivity index (χ2v) is 9.25. The number of carbonyl (C=O) groups excluding carboxylic acids is 1. The van der Waals surface area contributed by atoms with Crippen LogP contribution in [0.1, 0.15) is 42.5 Å². The number of benzene rings is 2. The highest BCUT2D eigenvalue weighted by Gasteiger charge is 2.21. The molecule has 0 bridgehead atoms. The summed E-state index contributed by atoms with van der Waals surface area (Å²) in [4.78, 5) is 12.8. The van der Waals surface area contributed by atoms with E-state index in [1.807, 2.05) is 0 Å². The van der Waals surface area contributed by atoms with Gasteiger partial charge in [0.25, 0.3) is 15.9 Å². The predicted octanol–water partition coefficient (Wildman–Crippen LogP) is 3.88. The lowest BCUT2D eigenvalue weighted by molar-refractivity contribution is 0.0955. The van der Waals surface area contributed by atoms with Crippen molar-refractivity contribution in [1.29, 1.82) is 0 Å². The molecule has 8 heteroatoms. The zero-order valence-corrected chi connectivity index (χ0v) is 18.0. The van der Waals surface area contributed by atoms with Gasteiger partial charge in [-0.15, -0.1) is 0 Å². The number of nitrogens with one attached hydrogen (secondary N) is 2. The van der Waals surface area contributed by atoms with Crippen molar-refractivity contribution in [3.63, 3.8) is 0 Å². The molecule has 4 rings (SSSR count). The van der Waals surface area contributed by atoms with Crippen LogP contribution in [-0.4, -0.2) is 34.1 Å². The van der Waals surface area contributed by atoms with Crippen LogP contribution in [0.25, 0.3) is 0 Å². The summed E-state index contributed by atoms with van der Waals surface area (Å²) in [5, 5.41) is 2.90. The third-order valence-corrected chi connectivity index (χ3v) is 6.72. The molecule has 31 heavy (non-hydrogen) atoms. The molecule has 0 fully saturated rings. The van der Waals surface area contributed by atoms with Gasteiger partial charge in [-0.1, -0.05) is 23.8 Å². The van der Waals surface area contributed by atoms with Crippen LogP contribution in [0.15, 0.2) is 59.0 Å². The Morgan fingerprint density at radius 2 is 1.81 bits per heavy atom. The molecule has 0 unspecified atom stereocenters. The molecule has 2 N–H and O–H groups in total. The molecule has 0 saturated heterocycles. The minimum atomic E-state index is -3.92. The van der Waals surface area contributed by atoms with Gasteiger partial charge in [-0.2, -0.15) is 0 Å². The normalized spacial score (nSPS) is 15.7. The van der Waals surface area contributed by atoms with Crippen molar-refractivity contribution in [1.82, 2.24) is 5.32 Å². The Labute approximate surface area is 182 Å². The molecule has 0 aromatic heterocycles. The Bertz CT molecular complexity index is 1090. The Balaban J connectivity index is 1.46. The van der Waals surface area contributed by atoms with E-state index in [4.69, 9.17) is 9.47 Å². The van der Waals surface area contributed by atoms with Gasteiger partial charge in [0.1, 0.15) is 13.2 Å². The Kier molecular flexibility index (Phi) is 6.46. The minimum Gasteiger partial charge on any atom is -0.486 e. The van der Waals surface area contributed by atoms with Gasteiger partial charge in [-0.25, -0.2) is 8.42 Å². The fourth-order valence-electron chi connectivity index (χ4n) is 3.73. The van der Waals surface area contributed by atoms with Gasteiger partial charge in [0, 0.05) is 12.6 Å². The smallest absolute Gasteiger partial charge is 0.262 e. The number of para-hydroxylation sites is 1. The molecule has 1 aliphatic heterocycles. The number of fused-ring (bicyclic) bond motifs is 1. The third kappa shape index (κ3) is 5.19. The molecule has 1 heterocycles. The monoisotopic (exact) mass is 442 g/mol. The second-order valence-electron chi connectivity index (χ2n) is 7.57. The first-order valence-electron chi connectivity index (χ1n) is 10.5. The maximum absolute atomic E-state index is 12.9. The summed E-state index contributed by atoms with van der Waals surface area (Å²) in [7, 11) is -3.92. The number of hydrogen-bond acceptors (Lipinski definition) is 5. The number of ether oxygens (including phenoxy) is 2. The predicted molar refractivity (Wildman–Crippen MR) is 118 cm³/mol. The average molecular weight is 443 g/mol. The molecule has 164 valence electrons. The van der Waals surface area contributed by atoms with Gasteiger partial charge in [-0.3, -0.25) is 9.52 Å². The number of carbonyl (C=O) groups is 1. The first-order chi connectivity index (χ1) is 15.0. The van der Waals surface area contributed by atoms with Gasteiger partial charge in [0.15, 0.2) is 11.5 Å². The van der Waals surface area contributed by atoms with Crippen LogP contribution in [0.3, 0.4) is 0 Å². The maximum atomic E-state index is 12.9. The summed E-state index contributed by atoms with van der Waals surface area (Å²) < 4.78 is 39.3. The van der Waals surface area contributed by atoms with Crippen molar-refractivity contribution in [2.75, 3.05) is 24.5 Å². The standard InChI is InChI=1S/C23H26N2O5S/c26-23(24-13-12-17-6-2-1-3-7-17)19-8-4-5-9-20(19)25-31(27,28)18-10-11-21-22(16-18)30-15-14-29-21/h4-6,8-11,16,25H,1-3,7,12-15H2,(H,24,26). The van der Waals surface area contributed by atoms with Crippen LogP contribution in [0.4, 0.5) is 5.69 Å². The summed E-state index contributed by atoms with van der Waals surface area (Å²) in [6.07, 6.45) is 7.69. The lowest BCUT2D eigenvalue weighted by Gasteiger charge is -2.19. The summed E-state index contributed by atoms with van der Waals surface area (Å²) >= 11 is 0. The minimum absolute atomic E-state index is 0.0381. The van der Waals surface area contributed by atoms with Gasteiger partial charge < -0.3 is 14.8 Å². The third-order valence-electron chi connectivity index (χ3n) is 5.36. The van der Waals surface area contributed by atoms with E-state index in [0.29, 0.717) is 31.3 Å². The molecule has 1 amide bonds. The fraction of sp³-hybridized carbons (Fsp3) is 0.348. The zero-order valence-electron chi connectivity index (χ0n) is 17.2. The highest BCUT2D eigenvalue weighted by atomic mass is 32.2. The molecular formula is C23H26N2O5S. The van der Waals surface area contributed by atoms with Gasteiger partial charge in [-0.05, 0) is 56.4 Å². The van der Waals surface area contributed by atoms with E-state index in [0.717, 1.165) is 19.3 Å². The summed E-state index contributed by atoms with van der Waals surface area (Å²) in [5.41, 5.74) is 1.88. The quantitative estimate of drug-likeness (QED) is 0.635. The van der Waals surface area contributed by atoms with Gasteiger partial charge in [0.2, 0.25) is 0 Å². The highest BCUT2D eigenvalue weighted by molar-refractivity contribution is 7.92. The summed E-state index contributed by atoms with van der Waals surface area (Å²) in [6.45, 7) is 1.31. The largest absolute Gasteiger partial charge is 0.486 e. The topological polar surface area (TPSA) is 93.7 Å². The molecule has 0 saturated carbocycles. The van der Waals surface area contributed by atoms with E-state index < -0.39 is 10.0 Å². The van der Waals surface area contributed by atoms with Crippen molar-refractivity contribution < 1.29 is 22.7 Å². The Morgan fingerprint density at radius 1 is 1.00 bits per heavy atom. The molecule has 2 aliphatic rings. The van der Waals surface area contributed by atoms with E-state index in [-0.39, 0.29) is 22.1 Å². The van der Waals surface area contributed by atoms with Crippen molar-refractivity contribution in [3.05, 3.63) is 59.7 Å². The lowest BCUT2D eigenvalue weighted by Crippen LogP contribution is -2.26. The molecule has 0 atom stereocenters. The molecule has 0 spiro atoms. The van der Waals surface area contributed by atoms with Crippen LogP contribution in [0, 0.1) is 0 Å². The lowest BCUT2D eigenvalue weighted by atomic mass is 9.97. The van der Waals surface area contributed by atoms with E-state index >= 15 is 0 Å². The van der Waals surface area contributed by atoms with Crippen molar-refractivity contribution in [3.8, 4) is 11.5 Å². The van der Waals surface area contributed by atoms with Crippen LogP contribution in [-0.2, 0) is 10.0 Å². The van der Waals surface area contributed by atoms with E-state index in [9.17, 15) is 13.2 Å². The number of rotatable bonds is 7. The Morgan fingerprint density at radius 3 is 2.61 bits per heavy atom. The van der Waals surface area contributed by atoms with Crippen LogP contribution < -0.4 is 19.5 Å². The molecule has 2 aromatic rings. The van der Waals surface area contributed by atoms with Crippen molar-refractivity contribution in [2.24, 2.45) is 0 Å². The van der Waals surface area contributed by atoms with Gasteiger partial charge >= 0.3 is 0 Å². The number of hydrogen-bond donors (Lipinski definition) is 2. The molecular weight excluding hydrogens is 416 g/mol. The van der Waals surface area contributed by atoms with Crippen LogP contribution in [0.2, 0.25) is 0 Å². The molecule has 7 nitrogen and oxygen atoms in total. The first-order valence-corrected chi connectivity index (χ1v) is 12.0. The SMILES string of the molecule is O=C(NCCC1=CCCCC1)c1ccccc1NS(=O)(=O)c1ccc2c(c1)OCCO2. The molecule has 2 aromatic carbocycles. The zero-order chi connectivity index (χ0) is 21.7. The van der Waals surface area contributed by atoms with Crippen LogP contribution >= 0.6 is 0 Å². The van der Waals surface area contributed by atoms with E-state index in [1.54, 1.807) is 30.3 Å². The molecule has 0 radical (unpaired) electrons. The number of amides is 1. The highest BCUT2D eigenvalue weighted by Crippen LogP contribution is 2.33. The number of allylic oxidation sites excluding steroid dienone is 1. The summed E-state index contributed by atoms with van der Waals surface area (Å²) in [6, 6.07) is 11.0. The van der Waals surface area contributed by atoms with E-state index in [2.05, 4.69) is 16.1 Å². The fourth-order valence-corrected chi connectivity index (χ4v) is 4.82.